The predicted molar refractivity (Wildman–Crippen MR) is 72.7 cm³/mol. The Morgan fingerprint density at radius 3 is 2.45 bits per heavy atom. The third-order valence-corrected chi connectivity index (χ3v) is 2.83. The number of rotatable bonds is 6. The first kappa shape index (κ1) is 15.7. The number of nitrogens with zero attached hydrogens (tertiary/aromatic N) is 1. The van der Waals surface area contributed by atoms with Crippen molar-refractivity contribution < 1.29 is 24.2 Å². The van der Waals surface area contributed by atoms with Crippen LogP contribution >= 0.6 is 0 Å². The van der Waals surface area contributed by atoms with Gasteiger partial charge in [-0.15, -0.1) is 0 Å². The summed E-state index contributed by atoms with van der Waals surface area (Å²) in [6.45, 7) is 0. The molecule has 0 spiro atoms. The molecule has 0 aliphatic carbocycles. The maximum absolute atomic E-state index is 12.0. The molecule has 1 rings (SSSR count). The molecule has 0 aliphatic heterocycles. The minimum absolute atomic E-state index is 0.0573. The molecular weight excluding hydrogens is 262 g/mol. The second kappa shape index (κ2) is 7.28. The van der Waals surface area contributed by atoms with Crippen LogP contribution in [0.1, 0.15) is 29.6 Å². The molecule has 0 heterocycles. The van der Waals surface area contributed by atoms with E-state index >= 15 is 0 Å². The number of amides is 1. The van der Waals surface area contributed by atoms with Crippen LogP contribution in [0.2, 0.25) is 0 Å². The fourth-order valence-corrected chi connectivity index (χ4v) is 1.74. The van der Waals surface area contributed by atoms with Crippen LogP contribution in [-0.2, 0) is 14.3 Å². The summed E-state index contributed by atoms with van der Waals surface area (Å²) in [5, 5.41) is 8.54. The molecule has 0 bridgehead atoms. The first-order valence-electron chi connectivity index (χ1n) is 6.13. The van der Waals surface area contributed by atoms with Gasteiger partial charge in [-0.25, -0.2) is 4.79 Å². The van der Waals surface area contributed by atoms with E-state index in [-0.39, 0.29) is 25.2 Å². The Hall–Kier alpha value is -2.37. The van der Waals surface area contributed by atoms with Gasteiger partial charge in [0.1, 0.15) is 0 Å². The van der Waals surface area contributed by atoms with Gasteiger partial charge in [-0.05, 0) is 18.6 Å². The monoisotopic (exact) mass is 279 g/mol. The zero-order chi connectivity index (χ0) is 15.1. The normalized spacial score (nSPS) is 9.90. The lowest BCUT2D eigenvalue weighted by molar-refractivity contribution is -0.137. The van der Waals surface area contributed by atoms with Crippen molar-refractivity contribution in [3.63, 3.8) is 0 Å². The topological polar surface area (TPSA) is 83.9 Å². The summed E-state index contributed by atoms with van der Waals surface area (Å²) >= 11 is 0. The lowest BCUT2D eigenvalue weighted by Crippen LogP contribution is -2.27. The predicted octanol–water partition coefficient (Wildman–Crippen LogP) is 1.69. The number of hydrogen-bond donors (Lipinski definition) is 1. The summed E-state index contributed by atoms with van der Waals surface area (Å²) in [6.07, 6.45) is 0.315. The highest BCUT2D eigenvalue weighted by Gasteiger charge is 2.18. The van der Waals surface area contributed by atoms with E-state index in [1.165, 1.54) is 12.0 Å². The molecule has 108 valence electrons. The first-order chi connectivity index (χ1) is 9.47. The minimum atomic E-state index is -0.935. The maximum Gasteiger partial charge on any atom is 0.339 e. The fourth-order valence-electron chi connectivity index (χ4n) is 1.74. The Labute approximate surface area is 117 Å². The molecule has 0 unspecified atom stereocenters. The second-order valence-electron chi connectivity index (χ2n) is 4.21. The van der Waals surface area contributed by atoms with E-state index in [2.05, 4.69) is 4.74 Å². The van der Waals surface area contributed by atoms with Gasteiger partial charge in [0.15, 0.2) is 0 Å². The van der Waals surface area contributed by atoms with Gasteiger partial charge in [-0.2, -0.15) is 0 Å². The highest BCUT2D eigenvalue weighted by Crippen LogP contribution is 2.21. The van der Waals surface area contributed by atoms with Gasteiger partial charge in [-0.1, -0.05) is 12.1 Å². The lowest BCUT2D eigenvalue weighted by Gasteiger charge is -2.19. The molecule has 1 aromatic carbocycles. The highest BCUT2D eigenvalue weighted by molar-refractivity contribution is 6.02. The number of carboxylic acids is 1. The number of ether oxygens (including phenoxy) is 1. The molecule has 0 atom stereocenters. The van der Waals surface area contributed by atoms with Gasteiger partial charge in [0.25, 0.3) is 0 Å². The minimum Gasteiger partial charge on any atom is -0.481 e. The van der Waals surface area contributed by atoms with Crippen molar-refractivity contribution >= 4 is 23.5 Å². The smallest absolute Gasteiger partial charge is 0.339 e. The summed E-state index contributed by atoms with van der Waals surface area (Å²) in [5.74, 6) is -1.70. The van der Waals surface area contributed by atoms with E-state index in [0.29, 0.717) is 11.3 Å². The number of carbonyl (C=O) groups excluding carboxylic acids is 2. The van der Waals surface area contributed by atoms with Crippen molar-refractivity contribution in [2.45, 2.75) is 19.3 Å². The average molecular weight is 279 g/mol. The Kier molecular flexibility index (Phi) is 5.71. The molecule has 0 aliphatic rings. The quantitative estimate of drug-likeness (QED) is 0.801. The zero-order valence-corrected chi connectivity index (χ0v) is 11.5. The largest absolute Gasteiger partial charge is 0.481 e. The lowest BCUT2D eigenvalue weighted by atomic mass is 10.1. The van der Waals surface area contributed by atoms with E-state index in [4.69, 9.17) is 5.11 Å². The molecule has 6 nitrogen and oxygen atoms in total. The number of methoxy groups -OCH3 is 1. The average Bonchev–Trinajstić information content (AvgIpc) is 2.45. The third-order valence-electron chi connectivity index (χ3n) is 2.83. The van der Waals surface area contributed by atoms with Crippen molar-refractivity contribution in [3.8, 4) is 0 Å². The molecule has 0 aromatic heterocycles. The van der Waals surface area contributed by atoms with Crippen LogP contribution in [0.5, 0.6) is 0 Å². The molecule has 0 fully saturated rings. The summed E-state index contributed by atoms with van der Waals surface area (Å²) in [6, 6.07) is 6.60. The number of aliphatic carboxylic acids is 1. The van der Waals surface area contributed by atoms with Gasteiger partial charge < -0.3 is 14.7 Å². The number of benzene rings is 1. The number of esters is 1. The number of carbonyl (C=O) groups is 3. The molecule has 1 aromatic rings. The summed E-state index contributed by atoms with van der Waals surface area (Å²) in [4.78, 5) is 35.4. The van der Waals surface area contributed by atoms with Crippen molar-refractivity contribution in [3.05, 3.63) is 29.8 Å². The highest BCUT2D eigenvalue weighted by atomic mass is 16.5. The van der Waals surface area contributed by atoms with Gasteiger partial charge in [0.05, 0.1) is 18.4 Å². The van der Waals surface area contributed by atoms with Crippen LogP contribution in [0, 0.1) is 0 Å². The van der Waals surface area contributed by atoms with Gasteiger partial charge in [0.2, 0.25) is 5.91 Å². The summed E-state index contributed by atoms with van der Waals surface area (Å²) in [7, 11) is 2.82. The molecule has 0 radical (unpaired) electrons. The zero-order valence-electron chi connectivity index (χ0n) is 11.5. The first-order valence-corrected chi connectivity index (χ1v) is 6.13. The molecule has 0 saturated carbocycles. The third kappa shape index (κ3) is 4.08. The van der Waals surface area contributed by atoms with Crippen molar-refractivity contribution in [2.75, 3.05) is 19.1 Å². The standard InChI is InChI=1S/C14H17NO5/c1-15(12(16)8-5-9-13(17)18)11-7-4-3-6-10(11)14(19)20-2/h3-4,6-7H,5,8-9H2,1-2H3,(H,17,18). The van der Waals surface area contributed by atoms with Gasteiger partial charge in [-0.3, -0.25) is 9.59 Å². The Bertz CT molecular complexity index is 512. The fraction of sp³-hybridized carbons (Fsp3) is 0.357. The van der Waals surface area contributed by atoms with Crippen LogP contribution in [0.3, 0.4) is 0 Å². The summed E-state index contributed by atoms with van der Waals surface area (Å²) < 4.78 is 4.66. The van der Waals surface area contributed by atoms with E-state index in [0.717, 1.165) is 0 Å². The number of anilines is 1. The SMILES string of the molecule is COC(=O)c1ccccc1N(C)C(=O)CCCC(=O)O. The Balaban J connectivity index is 2.81. The van der Waals surface area contributed by atoms with E-state index in [1.807, 2.05) is 0 Å². The molecule has 20 heavy (non-hydrogen) atoms. The van der Waals surface area contributed by atoms with E-state index in [9.17, 15) is 14.4 Å². The Morgan fingerprint density at radius 2 is 1.85 bits per heavy atom. The number of para-hydroxylation sites is 1. The van der Waals surface area contributed by atoms with Crippen LogP contribution in [-0.4, -0.2) is 37.1 Å². The second-order valence-corrected chi connectivity index (χ2v) is 4.21. The van der Waals surface area contributed by atoms with Gasteiger partial charge >= 0.3 is 11.9 Å². The van der Waals surface area contributed by atoms with Crippen molar-refractivity contribution in [1.82, 2.24) is 0 Å². The molecule has 1 N–H and O–H groups in total. The van der Waals surface area contributed by atoms with Crippen LogP contribution in [0.4, 0.5) is 5.69 Å². The van der Waals surface area contributed by atoms with Gasteiger partial charge in [0, 0.05) is 19.9 Å². The van der Waals surface area contributed by atoms with Crippen LogP contribution in [0.25, 0.3) is 0 Å². The molecule has 6 heteroatoms. The molecular formula is C14H17NO5. The van der Waals surface area contributed by atoms with Crippen LogP contribution < -0.4 is 4.90 Å². The van der Waals surface area contributed by atoms with Crippen molar-refractivity contribution in [1.29, 1.82) is 0 Å². The van der Waals surface area contributed by atoms with E-state index in [1.54, 1.807) is 31.3 Å². The van der Waals surface area contributed by atoms with Crippen molar-refractivity contribution in [2.24, 2.45) is 0 Å². The maximum atomic E-state index is 12.0. The summed E-state index contributed by atoms with van der Waals surface area (Å²) in [5.41, 5.74) is 0.740. The Morgan fingerprint density at radius 1 is 1.20 bits per heavy atom. The van der Waals surface area contributed by atoms with E-state index < -0.39 is 11.9 Å². The van der Waals surface area contributed by atoms with Crippen LogP contribution in [0.15, 0.2) is 24.3 Å². The molecule has 1 amide bonds. The number of carboxylic acid groups (broad SMARTS) is 1. The number of hydrogen-bond acceptors (Lipinski definition) is 4. The molecule has 0 saturated heterocycles.